The van der Waals surface area contributed by atoms with E-state index in [2.05, 4.69) is 27.6 Å². The third-order valence-electron chi connectivity index (χ3n) is 5.72. The molecule has 0 saturated heterocycles. The molecule has 31 heavy (non-hydrogen) atoms. The number of nitrogens with one attached hydrogen (secondary N) is 2. The number of aromatic nitrogens is 3. The zero-order valence-corrected chi connectivity index (χ0v) is 17.6. The van der Waals surface area contributed by atoms with E-state index in [9.17, 15) is 9.18 Å². The van der Waals surface area contributed by atoms with Crippen molar-refractivity contribution in [1.29, 1.82) is 0 Å². The number of benzene rings is 1. The highest BCUT2D eigenvalue weighted by molar-refractivity contribution is 5.99. The van der Waals surface area contributed by atoms with Crippen molar-refractivity contribution in [2.24, 2.45) is 11.5 Å². The Bertz CT molecular complexity index is 1100. The molecular weight excluding hydrogens is 397 g/mol. The summed E-state index contributed by atoms with van der Waals surface area (Å²) >= 11 is 0. The van der Waals surface area contributed by atoms with E-state index in [4.69, 9.17) is 11.5 Å². The van der Waals surface area contributed by atoms with Crippen molar-refractivity contribution in [3.8, 4) is 0 Å². The van der Waals surface area contributed by atoms with E-state index in [1.807, 2.05) is 22.9 Å². The maximum atomic E-state index is 14.7. The zero-order valence-electron chi connectivity index (χ0n) is 17.6. The zero-order chi connectivity index (χ0) is 22.0. The molecule has 2 heterocycles. The van der Waals surface area contributed by atoms with E-state index in [0.717, 1.165) is 55.6 Å². The predicted octanol–water partition coefficient (Wildman–Crippen LogP) is 3.50. The monoisotopic (exact) mass is 425 g/mol. The van der Waals surface area contributed by atoms with Crippen LogP contribution in [0.4, 0.5) is 21.7 Å². The van der Waals surface area contributed by atoms with Crippen LogP contribution in [-0.4, -0.2) is 32.8 Å². The minimum atomic E-state index is -0.758. The molecule has 1 unspecified atom stereocenters. The first-order valence-electron chi connectivity index (χ1n) is 10.7. The van der Waals surface area contributed by atoms with Crippen LogP contribution >= 0.6 is 0 Å². The van der Waals surface area contributed by atoms with Crippen LogP contribution in [0.3, 0.4) is 0 Å². The van der Waals surface area contributed by atoms with E-state index in [1.54, 1.807) is 6.20 Å². The van der Waals surface area contributed by atoms with Gasteiger partial charge in [-0.15, -0.1) is 0 Å². The second-order valence-electron chi connectivity index (χ2n) is 8.04. The Kier molecular flexibility index (Phi) is 6.03. The summed E-state index contributed by atoms with van der Waals surface area (Å²) in [6, 6.07) is 6.72. The van der Waals surface area contributed by atoms with Gasteiger partial charge in [-0.1, -0.05) is 19.8 Å². The number of aryl methyl sites for hydroxylation is 1. The standard InChI is InChI=1S/C22H28FN7O/c1-2-9-30-19-8-7-14(10-13(19)12-26-30)27-21-15(20(25)31)11-16(23)22(29-21)28-18-6-4-3-5-17(18)24/h7-8,10-12,17-18H,2-6,9,24H2,1H3,(H2,25,31)(H2,27,28,29)/t17-,18?/m0/s1. The van der Waals surface area contributed by atoms with Crippen molar-refractivity contribution in [2.75, 3.05) is 10.6 Å². The number of hydrogen-bond acceptors (Lipinski definition) is 6. The summed E-state index contributed by atoms with van der Waals surface area (Å²) in [5, 5.41) is 11.6. The molecule has 9 heteroatoms. The lowest BCUT2D eigenvalue weighted by Gasteiger charge is -2.30. The van der Waals surface area contributed by atoms with Crippen LogP contribution in [0, 0.1) is 5.82 Å². The van der Waals surface area contributed by atoms with Gasteiger partial charge in [0.05, 0.1) is 17.3 Å². The van der Waals surface area contributed by atoms with Crippen molar-refractivity contribution in [3.63, 3.8) is 0 Å². The van der Waals surface area contributed by atoms with Crippen molar-refractivity contribution in [1.82, 2.24) is 14.8 Å². The van der Waals surface area contributed by atoms with E-state index in [1.165, 1.54) is 0 Å². The first kappa shape index (κ1) is 21.0. The van der Waals surface area contributed by atoms with Crippen molar-refractivity contribution in [2.45, 2.75) is 57.7 Å². The molecule has 0 bridgehead atoms. The molecule has 164 valence electrons. The average molecular weight is 426 g/mol. The molecule has 0 aliphatic heterocycles. The molecule has 2 aromatic heterocycles. The highest BCUT2D eigenvalue weighted by Gasteiger charge is 2.24. The lowest BCUT2D eigenvalue weighted by atomic mass is 9.91. The van der Waals surface area contributed by atoms with E-state index < -0.39 is 11.7 Å². The number of halogens is 1. The Morgan fingerprint density at radius 2 is 2.06 bits per heavy atom. The van der Waals surface area contributed by atoms with E-state index in [-0.39, 0.29) is 29.3 Å². The quantitative estimate of drug-likeness (QED) is 0.459. The molecular formula is C22H28FN7O. The topological polar surface area (TPSA) is 124 Å². The Labute approximate surface area is 180 Å². The Balaban J connectivity index is 1.64. The normalized spacial score (nSPS) is 18.8. The molecule has 1 fully saturated rings. The fourth-order valence-corrected chi connectivity index (χ4v) is 4.08. The third-order valence-corrected chi connectivity index (χ3v) is 5.72. The molecule has 1 aliphatic rings. The van der Waals surface area contributed by atoms with Gasteiger partial charge in [0, 0.05) is 29.7 Å². The molecule has 0 spiro atoms. The smallest absolute Gasteiger partial charge is 0.252 e. The molecule has 8 nitrogen and oxygen atoms in total. The number of pyridine rings is 1. The number of hydrogen-bond donors (Lipinski definition) is 4. The third kappa shape index (κ3) is 4.46. The Hall–Kier alpha value is -3.20. The van der Waals surface area contributed by atoms with Gasteiger partial charge in [0.15, 0.2) is 11.6 Å². The summed E-state index contributed by atoms with van der Waals surface area (Å²) in [5.41, 5.74) is 13.4. The van der Waals surface area contributed by atoms with Gasteiger partial charge in [0.25, 0.3) is 5.91 Å². The summed E-state index contributed by atoms with van der Waals surface area (Å²) in [4.78, 5) is 16.3. The van der Waals surface area contributed by atoms with Crippen molar-refractivity contribution in [3.05, 3.63) is 41.8 Å². The minimum Gasteiger partial charge on any atom is -0.365 e. The summed E-state index contributed by atoms with van der Waals surface area (Å²) < 4.78 is 16.6. The number of fused-ring (bicyclic) bond motifs is 1. The molecule has 1 aliphatic carbocycles. The highest BCUT2D eigenvalue weighted by Crippen LogP contribution is 2.28. The second kappa shape index (κ2) is 8.89. The minimum absolute atomic E-state index is 0.0160. The molecule has 4 rings (SSSR count). The number of anilines is 3. The van der Waals surface area contributed by atoms with Gasteiger partial charge in [-0.25, -0.2) is 9.37 Å². The first-order chi connectivity index (χ1) is 15.0. The number of carbonyl (C=O) groups excluding carboxylic acids is 1. The summed E-state index contributed by atoms with van der Waals surface area (Å²) in [5.74, 6) is -1.13. The van der Waals surface area contributed by atoms with Crippen LogP contribution in [-0.2, 0) is 6.54 Å². The Morgan fingerprint density at radius 3 is 2.81 bits per heavy atom. The average Bonchev–Trinajstić information content (AvgIpc) is 3.14. The lowest BCUT2D eigenvalue weighted by Crippen LogP contribution is -2.43. The molecule has 1 aromatic carbocycles. The Morgan fingerprint density at radius 1 is 1.26 bits per heavy atom. The van der Waals surface area contributed by atoms with Crippen LogP contribution < -0.4 is 22.1 Å². The van der Waals surface area contributed by atoms with E-state index in [0.29, 0.717) is 5.69 Å². The SMILES string of the molecule is CCCn1ncc2cc(Nc3nc(NC4CCCC[C@@H]4N)c(F)cc3C(N)=O)ccc21. The largest absolute Gasteiger partial charge is 0.365 e. The number of nitrogens with two attached hydrogens (primary N) is 2. The number of carbonyl (C=O) groups is 1. The summed E-state index contributed by atoms with van der Waals surface area (Å²) in [7, 11) is 0. The number of primary amides is 1. The first-order valence-corrected chi connectivity index (χ1v) is 10.7. The molecule has 6 N–H and O–H groups in total. The van der Waals surface area contributed by atoms with Gasteiger partial charge in [-0.2, -0.15) is 5.10 Å². The number of rotatable bonds is 7. The van der Waals surface area contributed by atoms with Gasteiger partial charge in [-0.3, -0.25) is 9.48 Å². The van der Waals surface area contributed by atoms with E-state index >= 15 is 0 Å². The molecule has 1 saturated carbocycles. The van der Waals surface area contributed by atoms with Crippen LogP contribution in [0.15, 0.2) is 30.5 Å². The highest BCUT2D eigenvalue weighted by atomic mass is 19.1. The van der Waals surface area contributed by atoms with Crippen molar-refractivity contribution >= 4 is 34.1 Å². The molecule has 2 atom stereocenters. The maximum Gasteiger partial charge on any atom is 0.252 e. The van der Waals surface area contributed by atoms with Crippen LogP contribution in [0.2, 0.25) is 0 Å². The van der Waals surface area contributed by atoms with Crippen LogP contribution in [0.25, 0.3) is 10.9 Å². The van der Waals surface area contributed by atoms with Gasteiger partial charge in [0.2, 0.25) is 0 Å². The van der Waals surface area contributed by atoms with Crippen LogP contribution in [0.5, 0.6) is 0 Å². The predicted molar refractivity (Wildman–Crippen MR) is 120 cm³/mol. The molecule has 0 radical (unpaired) electrons. The van der Waals surface area contributed by atoms with Crippen molar-refractivity contribution < 1.29 is 9.18 Å². The summed E-state index contributed by atoms with van der Waals surface area (Å²) in [6.07, 6.45) is 6.61. The summed E-state index contributed by atoms with van der Waals surface area (Å²) in [6.45, 7) is 2.93. The maximum absolute atomic E-state index is 14.7. The van der Waals surface area contributed by atoms with Gasteiger partial charge < -0.3 is 22.1 Å². The van der Waals surface area contributed by atoms with Gasteiger partial charge >= 0.3 is 0 Å². The molecule has 3 aromatic rings. The number of amides is 1. The van der Waals surface area contributed by atoms with Gasteiger partial charge in [0.1, 0.15) is 5.82 Å². The fourth-order valence-electron chi connectivity index (χ4n) is 4.08. The second-order valence-corrected chi connectivity index (χ2v) is 8.04. The lowest BCUT2D eigenvalue weighted by molar-refractivity contribution is 0.100. The van der Waals surface area contributed by atoms with Gasteiger partial charge in [-0.05, 0) is 43.5 Å². The van der Waals surface area contributed by atoms with Crippen LogP contribution in [0.1, 0.15) is 49.4 Å². The fraction of sp³-hybridized carbons (Fsp3) is 0.409. The molecule has 1 amide bonds. The number of nitrogens with zero attached hydrogens (tertiary/aromatic N) is 3.